The highest BCUT2D eigenvalue weighted by atomic mass is 19.4. The zero-order valence-electron chi connectivity index (χ0n) is 19.9. The maximum atomic E-state index is 13.5. The van der Waals surface area contributed by atoms with Crippen molar-refractivity contribution in [3.8, 4) is 0 Å². The number of anilines is 3. The minimum Gasteiger partial charge on any atom is -0.369 e. The molecular formula is C28H25F5N4. The predicted octanol–water partition coefficient (Wildman–Crippen LogP) is 6.64. The minimum absolute atomic E-state index is 0.277. The Balaban J connectivity index is 1.16. The largest absolute Gasteiger partial charge is 0.416 e. The molecule has 192 valence electrons. The van der Waals surface area contributed by atoms with Crippen LogP contribution >= 0.6 is 0 Å². The molecule has 2 heterocycles. The van der Waals surface area contributed by atoms with Crippen LogP contribution in [0.3, 0.4) is 0 Å². The number of benzene rings is 3. The van der Waals surface area contributed by atoms with E-state index in [4.69, 9.17) is 0 Å². The fourth-order valence-electron chi connectivity index (χ4n) is 4.58. The van der Waals surface area contributed by atoms with Gasteiger partial charge >= 0.3 is 6.18 Å². The second-order valence-corrected chi connectivity index (χ2v) is 9.12. The highest BCUT2D eigenvalue weighted by molar-refractivity contribution is 5.93. The summed E-state index contributed by atoms with van der Waals surface area (Å²) < 4.78 is 66.1. The fraction of sp³-hybridized carbons (Fsp3) is 0.250. The van der Waals surface area contributed by atoms with Crippen LogP contribution in [0.4, 0.5) is 39.0 Å². The second kappa shape index (κ2) is 10.3. The molecule has 0 amide bonds. The molecule has 1 aliphatic heterocycles. The summed E-state index contributed by atoms with van der Waals surface area (Å²) >= 11 is 0. The van der Waals surface area contributed by atoms with Crippen molar-refractivity contribution in [2.45, 2.75) is 12.6 Å². The fourth-order valence-corrected chi connectivity index (χ4v) is 4.58. The van der Waals surface area contributed by atoms with Gasteiger partial charge in [-0.25, -0.2) is 8.78 Å². The summed E-state index contributed by atoms with van der Waals surface area (Å²) in [6.45, 7) is 3.90. The van der Waals surface area contributed by atoms with Crippen LogP contribution in [0, 0.1) is 11.6 Å². The van der Waals surface area contributed by atoms with E-state index in [0.29, 0.717) is 29.9 Å². The number of piperazine rings is 1. The van der Waals surface area contributed by atoms with Crippen LogP contribution < -0.4 is 10.2 Å². The molecule has 0 atom stereocenters. The SMILES string of the molecule is Fc1cc(F)cc(N2CCN(CCc3ccc(Nc4ccnc5cc(C(F)(F)F)ccc45)cc3)CC2)c1. The van der Waals surface area contributed by atoms with E-state index < -0.39 is 23.4 Å². The molecule has 0 saturated carbocycles. The van der Waals surface area contributed by atoms with E-state index in [1.807, 2.05) is 29.2 Å². The Bertz CT molecular complexity index is 1360. The monoisotopic (exact) mass is 512 g/mol. The van der Waals surface area contributed by atoms with Gasteiger partial charge in [0.15, 0.2) is 0 Å². The number of nitrogens with one attached hydrogen (secondary N) is 1. The summed E-state index contributed by atoms with van der Waals surface area (Å²) in [6, 6.07) is 16.9. The minimum atomic E-state index is -4.41. The topological polar surface area (TPSA) is 31.4 Å². The van der Waals surface area contributed by atoms with Gasteiger partial charge < -0.3 is 10.2 Å². The lowest BCUT2D eigenvalue weighted by molar-refractivity contribution is -0.137. The normalized spacial score (nSPS) is 14.8. The Morgan fingerprint density at radius 3 is 2.19 bits per heavy atom. The summed E-state index contributed by atoms with van der Waals surface area (Å²) in [4.78, 5) is 8.41. The number of nitrogens with zero attached hydrogens (tertiary/aromatic N) is 3. The van der Waals surface area contributed by atoms with E-state index in [2.05, 4.69) is 15.2 Å². The third-order valence-electron chi connectivity index (χ3n) is 6.60. The third-order valence-corrected chi connectivity index (χ3v) is 6.60. The molecule has 1 aliphatic rings. The predicted molar refractivity (Wildman–Crippen MR) is 135 cm³/mol. The molecule has 4 nitrogen and oxygen atoms in total. The van der Waals surface area contributed by atoms with Gasteiger partial charge in [-0.3, -0.25) is 9.88 Å². The van der Waals surface area contributed by atoms with Crippen LogP contribution in [-0.2, 0) is 12.6 Å². The molecule has 37 heavy (non-hydrogen) atoms. The molecule has 0 spiro atoms. The molecule has 5 rings (SSSR count). The van der Waals surface area contributed by atoms with Crippen LogP contribution in [0.15, 0.2) is 72.9 Å². The Labute approximate surface area is 211 Å². The molecule has 0 aliphatic carbocycles. The van der Waals surface area contributed by atoms with E-state index in [9.17, 15) is 22.0 Å². The lowest BCUT2D eigenvalue weighted by atomic mass is 10.1. The number of pyridine rings is 1. The van der Waals surface area contributed by atoms with Gasteiger partial charge in [-0.1, -0.05) is 18.2 Å². The number of fused-ring (bicyclic) bond motifs is 1. The summed E-state index contributed by atoms with van der Waals surface area (Å²) in [5.41, 5.74) is 2.80. The molecule has 1 fully saturated rings. The van der Waals surface area contributed by atoms with Gasteiger partial charge in [0.25, 0.3) is 0 Å². The molecule has 0 bridgehead atoms. The molecule has 1 aromatic heterocycles. The van der Waals surface area contributed by atoms with E-state index in [-0.39, 0.29) is 5.52 Å². The van der Waals surface area contributed by atoms with E-state index in [1.165, 1.54) is 24.4 Å². The van der Waals surface area contributed by atoms with Crippen LogP contribution in [-0.4, -0.2) is 42.6 Å². The lowest BCUT2D eigenvalue weighted by Crippen LogP contribution is -2.47. The Morgan fingerprint density at radius 2 is 1.51 bits per heavy atom. The number of halogens is 5. The number of aromatic nitrogens is 1. The summed E-state index contributed by atoms with van der Waals surface area (Å²) in [5, 5.41) is 3.89. The average Bonchev–Trinajstić information content (AvgIpc) is 2.87. The highest BCUT2D eigenvalue weighted by Crippen LogP contribution is 2.33. The molecule has 1 saturated heterocycles. The molecule has 9 heteroatoms. The maximum Gasteiger partial charge on any atom is 0.416 e. The van der Waals surface area contributed by atoms with Crippen molar-refractivity contribution in [2.75, 3.05) is 42.9 Å². The lowest BCUT2D eigenvalue weighted by Gasteiger charge is -2.36. The van der Waals surface area contributed by atoms with Gasteiger partial charge in [0.2, 0.25) is 0 Å². The van der Waals surface area contributed by atoms with Gasteiger partial charge in [0, 0.05) is 67.4 Å². The number of alkyl halides is 3. The molecule has 0 radical (unpaired) electrons. The second-order valence-electron chi connectivity index (χ2n) is 9.12. The van der Waals surface area contributed by atoms with Gasteiger partial charge in [-0.05, 0) is 54.4 Å². The van der Waals surface area contributed by atoms with E-state index in [1.54, 1.807) is 6.07 Å². The van der Waals surface area contributed by atoms with Crippen LogP contribution in [0.5, 0.6) is 0 Å². The van der Waals surface area contributed by atoms with Crippen LogP contribution in [0.25, 0.3) is 10.9 Å². The Kier molecular flexibility index (Phi) is 6.97. The van der Waals surface area contributed by atoms with Crippen molar-refractivity contribution in [2.24, 2.45) is 0 Å². The molecular weight excluding hydrogens is 487 g/mol. The zero-order chi connectivity index (χ0) is 26.0. The third kappa shape index (κ3) is 5.99. The van der Waals surface area contributed by atoms with Gasteiger partial charge in [0.1, 0.15) is 11.6 Å². The van der Waals surface area contributed by atoms with Crippen LogP contribution in [0.2, 0.25) is 0 Å². The van der Waals surface area contributed by atoms with Gasteiger partial charge in [0.05, 0.1) is 11.1 Å². The maximum absolute atomic E-state index is 13.5. The number of hydrogen-bond acceptors (Lipinski definition) is 4. The first-order chi connectivity index (χ1) is 17.7. The Hall–Kier alpha value is -3.72. The summed E-state index contributed by atoms with van der Waals surface area (Å²) in [6.07, 6.45) is -2.07. The van der Waals surface area contributed by atoms with Crippen molar-refractivity contribution < 1.29 is 22.0 Å². The first kappa shape index (κ1) is 25.0. The van der Waals surface area contributed by atoms with E-state index >= 15 is 0 Å². The average molecular weight is 513 g/mol. The number of rotatable bonds is 6. The van der Waals surface area contributed by atoms with Crippen molar-refractivity contribution in [1.82, 2.24) is 9.88 Å². The summed E-state index contributed by atoms with van der Waals surface area (Å²) in [5.74, 6) is -1.13. The van der Waals surface area contributed by atoms with Crippen LogP contribution in [0.1, 0.15) is 11.1 Å². The highest BCUT2D eigenvalue weighted by Gasteiger charge is 2.30. The summed E-state index contributed by atoms with van der Waals surface area (Å²) in [7, 11) is 0. The van der Waals surface area contributed by atoms with Gasteiger partial charge in [-0.2, -0.15) is 13.2 Å². The van der Waals surface area contributed by atoms with Crippen molar-refractivity contribution in [1.29, 1.82) is 0 Å². The quantitative estimate of drug-likeness (QED) is 0.294. The molecule has 0 unspecified atom stereocenters. The zero-order valence-corrected chi connectivity index (χ0v) is 19.9. The molecule has 3 aromatic carbocycles. The van der Waals surface area contributed by atoms with Gasteiger partial charge in [-0.15, -0.1) is 0 Å². The van der Waals surface area contributed by atoms with Crippen molar-refractivity contribution in [3.63, 3.8) is 0 Å². The van der Waals surface area contributed by atoms with E-state index in [0.717, 1.165) is 55.5 Å². The molecule has 4 aromatic rings. The number of hydrogen-bond donors (Lipinski definition) is 1. The standard InChI is InChI=1S/C28H25F5N4/c29-21-16-22(30)18-24(17-21)37-13-11-36(12-14-37)10-8-19-1-4-23(5-2-19)35-26-7-9-34-27-15-20(28(31,32)33)3-6-25(26)27/h1-7,9,15-18H,8,10-14H2,(H,34,35). The Morgan fingerprint density at radius 1 is 0.811 bits per heavy atom. The first-order valence-electron chi connectivity index (χ1n) is 12.0. The first-order valence-corrected chi connectivity index (χ1v) is 12.0. The van der Waals surface area contributed by atoms with Crippen molar-refractivity contribution >= 4 is 28.0 Å². The van der Waals surface area contributed by atoms with Crippen molar-refractivity contribution in [3.05, 3.63) is 95.7 Å². The smallest absolute Gasteiger partial charge is 0.369 e. The molecule has 1 N–H and O–H groups in total.